The van der Waals surface area contributed by atoms with Crippen LogP contribution < -0.4 is 9.80 Å². The van der Waals surface area contributed by atoms with Gasteiger partial charge in [0.05, 0.1) is 30.3 Å². The molecule has 0 radical (unpaired) electrons. The molecule has 1 aromatic carbocycles. The van der Waals surface area contributed by atoms with Gasteiger partial charge in [0.2, 0.25) is 5.95 Å². The average Bonchev–Trinajstić information content (AvgIpc) is 3.37. The van der Waals surface area contributed by atoms with Gasteiger partial charge in [0.25, 0.3) is 0 Å². The van der Waals surface area contributed by atoms with E-state index >= 15 is 0 Å². The molecule has 32 heavy (non-hydrogen) atoms. The number of hydrogen-bond acceptors (Lipinski definition) is 8. The van der Waals surface area contributed by atoms with Crippen molar-refractivity contribution in [2.45, 2.75) is 37.6 Å². The lowest BCUT2D eigenvalue weighted by molar-refractivity contribution is 0.0303. The van der Waals surface area contributed by atoms with Gasteiger partial charge < -0.3 is 19.3 Å². The molecule has 0 N–H and O–H groups in total. The largest absolute Gasteiger partial charge is 0.376 e. The van der Waals surface area contributed by atoms with Crippen molar-refractivity contribution in [3.63, 3.8) is 0 Å². The van der Waals surface area contributed by atoms with Gasteiger partial charge >= 0.3 is 0 Å². The van der Waals surface area contributed by atoms with Gasteiger partial charge in [0.1, 0.15) is 5.82 Å². The lowest BCUT2D eigenvalue weighted by atomic mass is 10.0. The maximum Gasteiger partial charge on any atom is 0.229 e. The van der Waals surface area contributed by atoms with Crippen LogP contribution in [0.2, 0.25) is 0 Å². The Morgan fingerprint density at radius 2 is 1.66 bits per heavy atom. The Balaban J connectivity index is 1.34. The zero-order valence-corrected chi connectivity index (χ0v) is 17.9. The number of hydrogen-bond donors (Lipinski definition) is 0. The molecule has 6 heterocycles. The highest BCUT2D eigenvalue weighted by atomic mass is 16.5. The first-order valence-corrected chi connectivity index (χ1v) is 11.7. The second kappa shape index (κ2) is 7.35. The summed E-state index contributed by atoms with van der Waals surface area (Å²) in [5, 5.41) is 0.908. The van der Waals surface area contributed by atoms with Gasteiger partial charge in [-0.3, -0.25) is 0 Å². The Labute approximate surface area is 186 Å². The minimum atomic E-state index is 0.279. The number of ether oxygens (including phenoxy) is 2. The highest BCUT2D eigenvalue weighted by molar-refractivity contribution is 5.88. The zero-order valence-electron chi connectivity index (χ0n) is 17.9. The predicted octanol–water partition coefficient (Wildman–Crippen LogP) is 2.68. The first kappa shape index (κ1) is 18.7. The van der Waals surface area contributed by atoms with Crippen LogP contribution in [0.5, 0.6) is 0 Å². The number of anilines is 2. The van der Waals surface area contributed by atoms with E-state index in [9.17, 15) is 0 Å². The van der Waals surface area contributed by atoms with Crippen LogP contribution in [0.15, 0.2) is 36.5 Å². The number of piperidine rings is 1. The van der Waals surface area contributed by atoms with Gasteiger partial charge in [0.15, 0.2) is 11.5 Å². The van der Waals surface area contributed by atoms with E-state index in [0.29, 0.717) is 17.4 Å². The van der Waals surface area contributed by atoms with Crippen LogP contribution in [0.25, 0.3) is 22.4 Å². The molecule has 4 bridgehead atoms. The van der Waals surface area contributed by atoms with Crippen LogP contribution in [-0.4, -0.2) is 71.0 Å². The van der Waals surface area contributed by atoms with Gasteiger partial charge in [0, 0.05) is 43.9 Å². The molecule has 0 saturated carbocycles. The standard InChI is InChI=1S/C24H26N6O2/c1-2-4-16(5-3-1)21-25-9-20-22(26-21)27-24(30-10-15-8-19(13-30)31-14-15)28-23(20)29-11-17-6-7-18(12-29)32-17/h1-5,9,15,17-19H,6-8,10-14H2. The Morgan fingerprint density at radius 1 is 0.844 bits per heavy atom. The Kier molecular flexibility index (Phi) is 4.30. The van der Waals surface area contributed by atoms with Crippen molar-refractivity contribution < 1.29 is 9.47 Å². The van der Waals surface area contributed by atoms with Crippen LogP contribution in [0.3, 0.4) is 0 Å². The molecule has 4 aliphatic rings. The normalized spacial score (nSPS) is 29.1. The summed E-state index contributed by atoms with van der Waals surface area (Å²) in [6.45, 7) is 4.33. The van der Waals surface area contributed by atoms with Crippen molar-refractivity contribution in [3.05, 3.63) is 36.5 Å². The molecule has 4 saturated heterocycles. The maximum atomic E-state index is 6.08. The van der Waals surface area contributed by atoms with Crippen LogP contribution in [0.4, 0.5) is 11.8 Å². The van der Waals surface area contributed by atoms with Crippen molar-refractivity contribution in [2.24, 2.45) is 5.92 Å². The van der Waals surface area contributed by atoms with E-state index in [-0.39, 0.29) is 18.3 Å². The Morgan fingerprint density at radius 3 is 2.47 bits per heavy atom. The van der Waals surface area contributed by atoms with Crippen molar-refractivity contribution in [1.29, 1.82) is 0 Å². The minimum absolute atomic E-state index is 0.279. The Hall–Kier alpha value is -2.84. The lowest BCUT2D eigenvalue weighted by Crippen LogP contribution is -2.44. The summed E-state index contributed by atoms with van der Waals surface area (Å²) in [5.41, 5.74) is 1.70. The van der Waals surface area contributed by atoms with Crippen LogP contribution in [0, 0.1) is 5.92 Å². The highest BCUT2D eigenvalue weighted by Crippen LogP contribution is 2.35. The van der Waals surface area contributed by atoms with Crippen LogP contribution >= 0.6 is 0 Å². The molecular formula is C24H26N6O2. The van der Waals surface area contributed by atoms with E-state index in [1.807, 2.05) is 36.5 Å². The fraction of sp³-hybridized carbons (Fsp3) is 0.500. The maximum absolute atomic E-state index is 6.08. The molecule has 8 heteroatoms. The van der Waals surface area contributed by atoms with Gasteiger partial charge in [-0.2, -0.15) is 9.97 Å². The van der Waals surface area contributed by atoms with Gasteiger partial charge in [-0.1, -0.05) is 30.3 Å². The van der Waals surface area contributed by atoms with E-state index in [4.69, 9.17) is 24.4 Å². The predicted molar refractivity (Wildman–Crippen MR) is 121 cm³/mol. The van der Waals surface area contributed by atoms with E-state index in [2.05, 4.69) is 14.8 Å². The molecule has 4 fully saturated rings. The molecule has 4 unspecified atom stereocenters. The summed E-state index contributed by atoms with van der Waals surface area (Å²) < 4.78 is 12.0. The third-order valence-corrected chi connectivity index (χ3v) is 7.15. The zero-order chi connectivity index (χ0) is 21.1. The molecular weight excluding hydrogens is 404 g/mol. The number of aromatic nitrogens is 4. The molecule has 4 atom stereocenters. The fourth-order valence-corrected chi connectivity index (χ4v) is 5.62. The molecule has 0 spiro atoms. The summed E-state index contributed by atoms with van der Waals surface area (Å²) >= 11 is 0. The SMILES string of the molecule is c1ccc(-c2ncc3c(N4CC5CCC(C4)O5)nc(N4CC5COC(C5)C4)nc3n2)cc1. The lowest BCUT2D eigenvalue weighted by Gasteiger charge is -2.35. The monoisotopic (exact) mass is 430 g/mol. The number of rotatable bonds is 3. The molecule has 164 valence electrons. The van der Waals surface area contributed by atoms with Crippen LogP contribution in [-0.2, 0) is 9.47 Å². The fourth-order valence-electron chi connectivity index (χ4n) is 5.62. The first-order chi connectivity index (χ1) is 15.8. The first-order valence-electron chi connectivity index (χ1n) is 11.7. The highest BCUT2D eigenvalue weighted by Gasteiger charge is 2.37. The number of morpholine rings is 1. The average molecular weight is 431 g/mol. The summed E-state index contributed by atoms with van der Waals surface area (Å²) in [7, 11) is 0. The molecule has 3 aromatic rings. The molecule has 8 nitrogen and oxygen atoms in total. The summed E-state index contributed by atoms with van der Waals surface area (Å²) in [6.07, 6.45) is 6.13. The van der Waals surface area contributed by atoms with E-state index in [1.54, 1.807) is 0 Å². The molecule has 0 aliphatic carbocycles. The number of fused-ring (bicyclic) bond motifs is 5. The van der Waals surface area contributed by atoms with Gasteiger partial charge in [-0.25, -0.2) is 9.97 Å². The molecule has 4 aliphatic heterocycles. The molecule has 0 amide bonds. The van der Waals surface area contributed by atoms with E-state index < -0.39 is 0 Å². The molecule has 2 aromatic heterocycles. The van der Waals surface area contributed by atoms with Gasteiger partial charge in [-0.15, -0.1) is 0 Å². The topological polar surface area (TPSA) is 76.5 Å². The third kappa shape index (κ3) is 3.20. The summed E-state index contributed by atoms with van der Waals surface area (Å²) in [5.74, 6) is 2.94. The van der Waals surface area contributed by atoms with Crippen molar-refractivity contribution in [3.8, 4) is 11.4 Å². The Bertz CT molecular complexity index is 1130. The molecule has 7 rings (SSSR count). The van der Waals surface area contributed by atoms with E-state index in [1.165, 1.54) is 0 Å². The van der Waals surface area contributed by atoms with E-state index in [0.717, 1.165) is 74.8 Å². The van der Waals surface area contributed by atoms with Crippen molar-refractivity contribution in [1.82, 2.24) is 19.9 Å². The smallest absolute Gasteiger partial charge is 0.229 e. The summed E-state index contributed by atoms with van der Waals surface area (Å²) in [4.78, 5) is 24.2. The minimum Gasteiger partial charge on any atom is -0.376 e. The summed E-state index contributed by atoms with van der Waals surface area (Å²) in [6, 6.07) is 10.1. The number of nitrogens with zero attached hydrogens (tertiary/aromatic N) is 6. The van der Waals surface area contributed by atoms with Crippen molar-refractivity contribution in [2.75, 3.05) is 42.6 Å². The number of benzene rings is 1. The quantitative estimate of drug-likeness (QED) is 0.628. The third-order valence-electron chi connectivity index (χ3n) is 7.15. The van der Waals surface area contributed by atoms with Crippen LogP contribution in [0.1, 0.15) is 19.3 Å². The van der Waals surface area contributed by atoms with Gasteiger partial charge in [-0.05, 0) is 19.3 Å². The second-order valence-corrected chi connectivity index (χ2v) is 9.47. The van der Waals surface area contributed by atoms with Crippen molar-refractivity contribution >= 4 is 22.8 Å². The second-order valence-electron chi connectivity index (χ2n) is 9.47.